The summed E-state index contributed by atoms with van der Waals surface area (Å²) >= 11 is 0. The molecule has 0 spiro atoms. The molecule has 5 nitrogen and oxygen atoms in total. The highest BCUT2D eigenvalue weighted by atomic mass is 16.7. The number of rotatable bonds is 10. The maximum atomic E-state index is 5.03. The number of hydrogen-bond donors (Lipinski definition) is 1. The van der Waals surface area contributed by atoms with Crippen LogP contribution in [0.15, 0.2) is 0 Å². The molecular weight excluding hydrogens is 174 g/mol. The minimum Gasteiger partial charge on any atom is -0.356 e. The first-order valence-electron chi connectivity index (χ1n) is 4.43. The van der Waals surface area contributed by atoms with Crippen LogP contribution in [-0.2, 0) is 18.9 Å². The lowest BCUT2D eigenvalue weighted by molar-refractivity contribution is -0.0830. The van der Waals surface area contributed by atoms with E-state index in [2.05, 4.69) is 5.32 Å². The van der Waals surface area contributed by atoms with Gasteiger partial charge in [0.15, 0.2) is 0 Å². The average Bonchev–Trinajstić information content (AvgIpc) is 2.16. The van der Waals surface area contributed by atoms with E-state index < -0.39 is 0 Å². The molecule has 0 aromatic heterocycles. The SMILES string of the molecule is CCOCOCNCOCOCC. The molecule has 13 heavy (non-hydrogen) atoms. The fraction of sp³-hybridized carbons (Fsp3) is 1.00. The van der Waals surface area contributed by atoms with E-state index in [1.54, 1.807) is 0 Å². The van der Waals surface area contributed by atoms with Crippen LogP contribution < -0.4 is 5.32 Å². The van der Waals surface area contributed by atoms with Gasteiger partial charge in [0.1, 0.15) is 27.0 Å². The number of nitrogens with one attached hydrogen (secondary N) is 1. The second kappa shape index (κ2) is 11.8. The topological polar surface area (TPSA) is 49.0 Å². The van der Waals surface area contributed by atoms with E-state index in [0.29, 0.717) is 40.3 Å². The molecule has 0 saturated heterocycles. The van der Waals surface area contributed by atoms with Gasteiger partial charge in [-0.3, -0.25) is 5.32 Å². The van der Waals surface area contributed by atoms with Crippen molar-refractivity contribution >= 4 is 0 Å². The van der Waals surface area contributed by atoms with Crippen LogP contribution in [0, 0.1) is 0 Å². The molecule has 0 atom stereocenters. The Morgan fingerprint density at radius 2 is 1.23 bits per heavy atom. The van der Waals surface area contributed by atoms with Crippen molar-refractivity contribution in [3.05, 3.63) is 0 Å². The summed E-state index contributed by atoms with van der Waals surface area (Å²) in [5.41, 5.74) is 0. The van der Waals surface area contributed by atoms with Gasteiger partial charge in [-0.05, 0) is 13.8 Å². The highest BCUT2D eigenvalue weighted by Crippen LogP contribution is 1.77. The fourth-order valence-electron chi connectivity index (χ4n) is 0.554. The largest absolute Gasteiger partial charge is 0.356 e. The van der Waals surface area contributed by atoms with E-state index in [-0.39, 0.29) is 0 Å². The summed E-state index contributed by atoms with van der Waals surface area (Å²) in [6.07, 6.45) is 0. The van der Waals surface area contributed by atoms with E-state index in [1.807, 2.05) is 13.8 Å². The van der Waals surface area contributed by atoms with Gasteiger partial charge in [-0.1, -0.05) is 0 Å². The van der Waals surface area contributed by atoms with Crippen molar-refractivity contribution in [3.8, 4) is 0 Å². The van der Waals surface area contributed by atoms with Crippen molar-refractivity contribution in [2.24, 2.45) is 0 Å². The maximum absolute atomic E-state index is 5.03. The molecule has 1 N–H and O–H groups in total. The van der Waals surface area contributed by atoms with E-state index in [1.165, 1.54) is 0 Å². The average molecular weight is 193 g/mol. The van der Waals surface area contributed by atoms with Gasteiger partial charge in [0, 0.05) is 13.2 Å². The van der Waals surface area contributed by atoms with Crippen LogP contribution in [-0.4, -0.2) is 40.3 Å². The molecule has 0 bridgehead atoms. The highest BCUT2D eigenvalue weighted by molar-refractivity contribution is 4.22. The van der Waals surface area contributed by atoms with E-state index in [4.69, 9.17) is 18.9 Å². The summed E-state index contributed by atoms with van der Waals surface area (Å²) in [5, 5.41) is 2.90. The highest BCUT2D eigenvalue weighted by Gasteiger charge is 1.87. The normalized spacial score (nSPS) is 10.6. The molecule has 0 aromatic rings. The van der Waals surface area contributed by atoms with Gasteiger partial charge in [0.05, 0.1) is 0 Å². The third kappa shape index (κ3) is 11.8. The molecule has 0 fully saturated rings. The molecule has 0 radical (unpaired) electrons. The Hall–Kier alpha value is -0.200. The van der Waals surface area contributed by atoms with Crippen molar-refractivity contribution in [3.63, 3.8) is 0 Å². The number of hydrogen-bond acceptors (Lipinski definition) is 5. The lowest BCUT2D eigenvalue weighted by Crippen LogP contribution is -2.22. The van der Waals surface area contributed by atoms with Gasteiger partial charge in [-0.25, -0.2) is 0 Å². The minimum atomic E-state index is 0.314. The van der Waals surface area contributed by atoms with Crippen LogP contribution in [0.1, 0.15) is 13.8 Å². The molecule has 0 saturated carbocycles. The Labute approximate surface area is 79.3 Å². The molecule has 0 rings (SSSR count). The van der Waals surface area contributed by atoms with Crippen molar-refractivity contribution in [1.29, 1.82) is 0 Å². The van der Waals surface area contributed by atoms with E-state index in [0.717, 1.165) is 0 Å². The summed E-state index contributed by atoms with van der Waals surface area (Å²) < 4.78 is 20.0. The summed E-state index contributed by atoms with van der Waals surface area (Å²) in [4.78, 5) is 0. The Balaban J connectivity index is 2.76. The Bertz CT molecular complexity index is 82.2. The minimum absolute atomic E-state index is 0.314. The molecule has 0 aliphatic heterocycles. The zero-order valence-corrected chi connectivity index (χ0v) is 8.38. The van der Waals surface area contributed by atoms with Gasteiger partial charge in [0.2, 0.25) is 0 Å². The zero-order chi connectivity index (χ0) is 9.78. The Morgan fingerprint density at radius 3 is 1.62 bits per heavy atom. The van der Waals surface area contributed by atoms with Crippen LogP contribution in [0.3, 0.4) is 0 Å². The van der Waals surface area contributed by atoms with Crippen molar-refractivity contribution < 1.29 is 18.9 Å². The lowest BCUT2D eigenvalue weighted by atomic mass is 10.9. The summed E-state index contributed by atoms with van der Waals surface area (Å²) in [5.74, 6) is 0. The second-order valence-corrected chi connectivity index (χ2v) is 2.17. The smallest absolute Gasteiger partial charge is 0.148 e. The fourth-order valence-corrected chi connectivity index (χ4v) is 0.554. The standard InChI is InChI=1S/C8H19NO4/c1-3-10-7-12-5-9-6-13-8-11-4-2/h9H,3-8H2,1-2H3. The first kappa shape index (κ1) is 12.8. The van der Waals surface area contributed by atoms with Gasteiger partial charge < -0.3 is 18.9 Å². The van der Waals surface area contributed by atoms with E-state index >= 15 is 0 Å². The Morgan fingerprint density at radius 1 is 0.769 bits per heavy atom. The van der Waals surface area contributed by atoms with Crippen molar-refractivity contribution in [2.75, 3.05) is 40.3 Å². The summed E-state index contributed by atoms with van der Waals surface area (Å²) in [6, 6.07) is 0. The zero-order valence-electron chi connectivity index (χ0n) is 8.38. The van der Waals surface area contributed by atoms with Crippen molar-refractivity contribution in [2.45, 2.75) is 13.8 Å². The number of ether oxygens (including phenoxy) is 4. The molecule has 5 heteroatoms. The third-order valence-corrected chi connectivity index (χ3v) is 1.15. The molecule has 0 aliphatic rings. The monoisotopic (exact) mass is 193 g/mol. The van der Waals surface area contributed by atoms with Gasteiger partial charge in [0.25, 0.3) is 0 Å². The lowest BCUT2D eigenvalue weighted by Gasteiger charge is -2.06. The van der Waals surface area contributed by atoms with Crippen molar-refractivity contribution in [1.82, 2.24) is 5.32 Å². The third-order valence-electron chi connectivity index (χ3n) is 1.15. The molecule has 0 heterocycles. The van der Waals surface area contributed by atoms with Crippen LogP contribution in [0.2, 0.25) is 0 Å². The van der Waals surface area contributed by atoms with Crippen LogP contribution in [0.25, 0.3) is 0 Å². The van der Waals surface area contributed by atoms with Gasteiger partial charge in [-0.15, -0.1) is 0 Å². The first-order valence-corrected chi connectivity index (χ1v) is 4.43. The second-order valence-electron chi connectivity index (χ2n) is 2.17. The molecule has 80 valence electrons. The maximum Gasteiger partial charge on any atom is 0.148 e. The molecular formula is C8H19NO4. The van der Waals surface area contributed by atoms with Gasteiger partial charge >= 0.3 is 0 Å². The quantitative estimate of drug-likeness (QED) is 0.405. The van der Waals surface area contributed by atoms with Gasteiger partial charge in [-0.2, -0.15) is 0 Å². The van der Waals surface area contributed by atoms with Crippen LogP contribution in [0.4, 0.5) is 0 Å². The summed E-state index contributed by atoms with van der Waals surface area (Å²) in [6.45, 7) is 6.65. The predicted molar refractivity (Wildman–Crippen MR) is 48.0 cm³/mol. The Kier molecular flexibility index (Phi) is 11.6. The molecule has 0 amide bonds. The predicted octanol–water partition coefficient (Wildman–Crippen LogP) is 0.512. The molecule has 0 aliphatic carbocycles. The molecule has 0 aromatic carbocycles. The summed E-state index contributed by atoms with van der Waals surface area (Å²) in [7, 11) is 0. The van der Waals surface area contributed by atoms with Crippen LogP contribution in [0.5, 0.6) is 0 Å². The first-order chi connectivity index (χ1) is 6.41. The van der Waals surface area contributed by atoms with Crippen LogP contribution >= 0.6 is 0 Å². The van der Waals surface area contributed by atoms with E-state index in [9.17, 15) is 0 Å². The molecule has 0 unspecified atom stereocenters.